The molecule has 0 aliphatic rings. The second-order valence-electron chi connectivity index (χ2n) is 6.75. The third kappa shape index (κ3) is 3.25. The van der Waals surface area contributed by atoms with Crippen molar-refractivity contribution in [3.05, 3.63) is 59.3 Å². The van der Waals surface area contributed by atoms with Crippen LogP contribution in [0.3, 0.4) is 0 Å². The average molecular weight is 337 g/mol. The molecular formula is C21H23NO3. The Balaban J connectivity index is 2.10. The van der Waals surface area contributed by atoms with Crippen LogP contribution >= 0.6 is 0 Å². The summed E-state index contributed by atoms with van der Waals surface area (Å²) < 4.78 is 0. The SMILES string of the molecule is CC(=O)[C@H](C)Cc1c(C(C)c2ccc(O)c(O)c2)[nH]c2ccccc12. The Morgan fingerprint density at radius 3 is 2.48 bits per heavy atom. The van der Waals surface area contributed by atoms with Crippen molar-refractivity contribution in [3.8, 4) is 11.5 Å². The Kier molecular flexibility index (Phi) is 4.53. The van der Waals surface area contributed by atoms with Crippen LogP contribution in [0, 0.1) is 5.92 Å². The van der Waals surface area contributed by atoms with Crippen LogP contribution in [0.2, 0.25) is 0 Å². The number of Topliss-reactive ketones (excluding diaryl/α,β-unsaturated/α-hetero) is 1. The maximum absolute atomic E-state index is 11.8. The summed E-state index contributed by atoms with van der Waals surface area (Å²) in [5.74, 6) is -0.144. The number of rotatable bonds is 5. The first kappa shape index (κ1) is 17.1. The van der Waals surface area contributed by atoms with Gasteiger partial charge in [0.1, 0.15) is 5.78 Å². The van der Waals surface area contributed by atoms with Crippen molar-refractivity contribution in [1.82, 2.24) is 4.98 Å². The molecule has 0 fully saturated rings. The van der Waals surface area contributed by atoms with E-state index < -0.39 is 0 Å². The van der Waals surface area contributed by atoms with Gasteiger partial charge in [-0.3, -0.25) is 4.79 Å². The van der Waals surface area contributed by atoms with E-state index in [1.807, 2.05) is 31.2 Å². The molecule has 3 aromatic rings. The number of para-hydroxylation sites is 1. The van der Waals surface area contributed by atoms with E-state index >= 15 is 0 Å². The van der Waals surface area contributed by atoms with Gasteiger partial charge in [0.25, 0.3) is 0 Å². The number of aromatic nitrogens is 1. The lowest BCUT2D eigenvalue weighted by Gasteiger charge is -2.16. The summed E-state index contributed by atoms with van der Waals surface area (Å²) in [5, 5.41) is 20.5. The standard InChI is InChI=1S/C21H23NO3/c1-12(14(3)23)10-17-16-6-4-5-7-18(16)22-21(17)13(2)15-8-9-19(24)20(25)11-15/h4-9,11-13,22,24-25H,10H2,1-3H3/t12-,13?/m1/s1. The van der Waals surface area contributed by atoms with Gasteiger partial charge in [-0.1, -0.05) is 38.1 Å². The molecule has 0 aliphatic heterocycles. The number of ketones is 1. The number of nitrogens with one attached hydrogen (secondary N) is 1. The van der Waals surface area contributed by atoms with E-state index in [-0.39, 0.29) is 29.1 Å². The van der Waals surface area contributed by atoms with Gasteiger partial charge in [-0.05, 0) is 42.7 Å². The van der Waals surface area contributed by atoms with Gasteiger partial charge in [0.15, 0.2) is 11.5 Å². The molecule has 1 unspecified atom stereocenters. The fourth-order valence-corrected chi connectivity index (χ4v) is 3.24. The van der Waals surface area contributed by atoms with Crippen LogP contribution in [0.15, 0.2) is 42.5 Å². The molecule has 1 heterocycles. The van der Waals surface area contributed by atoms with Crippen LogP contribution < -0.4 is 0 Å². The van der Waals surface area contributed by atoms with Crippen molar-refractivity contribution in [2.75, 3.05) is 0 Å². The van der Waals surface area contributed by atoms with Crippen LogP contribution in [0.1, 0.15) is 43.5 Å². The lowest BCUT2D eigenvalue weighted by atomic mass is 9.89. The zero-order chi connectivity index (χ0) is 18.1. The van der Waals surface area contributed by atoms with Gasteiger partial charge in [-0.25, -0.2) is 0 Å². The summed E-state index contributed by atoms with van der Waals surface area (Å²) in [7, 11) is 0. The Morgan fingerprint density at radius 2 is 1.80 bits per heavy atom. The fraction of sp³-hybridized carbons (Fsp3) is 0.286. The number of carbonyl (C=O) groups excluding carboxylic acids is 1. The number of fused-ring (bicyclic) bond motifs is 1. The largest absolute Gasteiger partial charge is 0.504 e. The third-order valence-corrected chi connectivity index (χ3v) is 4.98. The summed E-state index contributed by atoms with van der Waals surface area (Å²) in [5.41, 5.74) is 4.12. The van der Waals surface area contributed by atoms with E-state index in [1.54, 1.807) is 13.0 Å². The van der Waals surface area contributed by atoms with Gasteiger partial charge in [-0.15, -0.1) is 0 Å². The highest BCUT2D eigenvalue weighted by Crippen LogP contribution is 2.36. The molecule has 0 radical (unpaired) electrons. The summed E-state index contributed by atoms with van der Waals surface area (Å²) in [6, 6.07) is 13.0. The lowest BCUT2D eigenvalue weighted by molar-refractivity contribution is -0.120. The van der Waals surface area contributed by atoms with Gasteiger partial charge >= 0.3 is 0 Å². The highest BCUT2D eigenvalue weighted by atomic mass is 16.3. The average Bonchev–Trinajstić information content (AvgIpc) is 2.95. The molecule has 0 aliphatic carbocycles. The van der Waals surface area contributed by atoms with Crippen LogP contribution in [-0.2, 0) is 11.2 Å². The number of aromatic hydroxyl groups is 2. The van der Waals surface area contributed by atoms with Crippen LogP contribution in [0.4, 0.5) is 0 Å². The number of phenols is 2. The molecule has 0 saturated carbocycles. The zero-order valence-electron chi connectivity index (χ0n) is 14.7. The van der Waals surface area contributed by atoms with E-state index in [4.69, 9.17) is 0 Å². The minimum Gasteiger partial charge on any atom is -0.504 e. The van der Waals surface area contributed by atoms with Crippen molar-refractivity contribution < 1.29 is 15.0 Å². The predicted octanol–water partition coefficient (Wildman–Crippen LogP) is 4.50. The van der Waals surface area contributed by atoms with E-state index in [1.165, 1.54) is 6.07 Å². The van der Waals surface area contributed by atoms with Gasteiger partial charge in [0.05, 0.1) is 0 Å². The van der Waals surface area contributed by atoms with Crippen LogP contribution in [0.25, 0.3) is 10.9 Å². The van der Waals surface area contributed by atoms with Crippen molar-refractivity contribution in [2.24, 2.45) is 5.92 Å². The minimum atomic E-state index is -0.127. The highest BCUT2D eigenvalue weighted by molar-refractivity contribution is 5.86. The second-order valence-corrected chi connectivity index (χ2v) is 6.75. The number of aromatic amines is 1. The molecule has 25 heavy (non-hydrogen) atoms. The number of benzene rings is 2. The summed E-state index contributed by atoms with van der Waals surface area (Å²) in [4.78, 5) is 15.3. The van der Waals surface area contributed by atoms with Gasteiger partial charge in [-0.2, -0.15) is 0 Å². The highest BCUT2D eigenvalue weighted by Gasteiger charge is 2.21. The number of hydrogen-bond donors (Lipinski definition) is 3. The molecule has 3 N–H and O–H groups in total. The zero-order valence-corrected chi connectivity index (χ0v) is 14.7. The molecule has 0 spiro atoms. The van der Waals surface area contributed by atoms with Crippen molar-refractivity contribution >= 4 is 16.7 Å². The van der Waals surface area contributed by atoms with Crippen molar-refractivity contribution in [2.45, 2.75) is 33.1 Å². The smallest absolute Gasteiger partial charge is 0.157 e. The Hall–Kier alpha value is -2.75. The quantitative estimate of drug-likeness (QED) is 0.600. The number of hydrogen-bond acceptors (Lipinski definition) is 3. The summed E-state index contributed by atoms with van der Waals surface area (Å²) >= 11 is 0. The normalized spacial score (nSPS) is 13.7. The fourth-order valence-electron chi connectivity index (χ4n) is 3.24. The van der Waals surface area contributed by atoms with E-state index in [0.717, 1.165) is 27.7 Å². The molecular weight excluding hydrogens is 314 g/mol. The first-order valence-corrected chi connectivity index (χ1v) is 8.50. The number of phenolic OH excluding ortho intramolecular Hbond substituents is 2. The molecule has 2 atom stereocenters. The maximum Gasteiger partial charge on any atom is 0.157 e. The molecule has 0 bridgehead atoms. The molecule has 3 rings (SSSR count). The minimum absolute atomic E-state index is 0.00643. The molecule has 1 aromatic heterocycles. The van der Waals surface area contributed by atoms with E-state index in [0.29, 0.717) is 6.42 Å². The Labute approximate surface area is 147 Å². The van der Waals surface area contributed by atoms with Crippen molar-refractivity contribution in [1.29, 1.82) is 0 Å². The predicted molar refractivity (Wildman–Crippen MR) is 99.1 cm³/mol. The maximum atomic E-state index is 11.8. The lowest BCUT2D eigenvalue weighted by Crippen LogP contribution is -2.11. The molecule has 0 amide bonds. The number of carbonyl (C=O) groups is 1. The van der Waals surface area contributed by atoms with Crippen LogP contribution in [-0.4, -0.2) is 21.0 Å². The Bertz CT molecular complexity index is 926. The van der Waals surface area contributed by atoms with Crippen molar-refractivity contribution in [3.63, 3.8) is 0 Å². The van der Waals surface area contributed by atoms with Gasteiger partial charge in [0, 0.05) is 28.4 Å². The molecule has 2 aromatic carbocycles. The molecule has 0 saturated heterocycles. The van der Waals surface area contributed by atoms with Gasteiger partial charge < -0.3 is 15.2 Å². The third-order valence-electron chi connectivity index (χ3n) is 4.98. The molecule has 4 nitrogen and oxygen atoms in total. The first-order valence-electron chi connectivity index (χ1n) is 8.50. The Morgan fingerprint density at radius 1 is 1.08 bits per heavy atom. The summed E-state index contributed by atoms with van der Waals surface area (Å²) in [6.45, 7) is 5.63. The second kappa shape index (κ2) is 6.63. The van der Waals surface area contributed by atoms with E-state index in [9.17, 15) is 15.0 Å². The topological polar surface area (TPSA) is 73.3 Å². The monoisotopic (exact) mass is 337 g/mol. The van der Waals surface area contributed by atoms with E-state index in [2.05, 4.69) is 18.0 Å². The summed E-state index contributed by atoms with van der Waals surface area (Å²) in [6.07, 6.45) is 0.670. The molecule has 4 heteroatoms. The van der Waals surface area contributed by atoms with Gasteiger partial charge in [0.2, 0.25) is 0 Å². The van der Waals surface area contributed by atoms with Crippen LogP contribution in [0.5, 0.6) is 11.5 Å². The number of H-pyrrole nitrogens is 1. The molecule has 130 valence electrons. The first-order chi connectivity index (χ1) is 11.9.